The second-order valence-corrected chi connectivity index (χ2v) is 14.9. The Kier molecular flexibility index (Phi) is 46.1. The SMILES string of the molecule is CC/C=C\C/C=C\C/C=C\C/C=C\C/C=C\CCCC(=O)OCC(COCCCCCCCC/C=C\C/C=C\CCC)OC(=O)CC/C=C\C/C=C\C/C=C\C/C=C\CC. The topological polar surface area (TPSA) is 61.8 Å². The van der Waals surface area contributed by atoms with Gasteiger partial charge in [0, 0.05) is 19.4 Å². The maximum atomic E-state index is 12.7. The van der Waals surface area contributed by atoms with Crippen LogP contribution in [-0.2, 0) is 23.8 Å². The van der Waals surface area contributed by atoms with Crippen molar-refractivity contribution in [3.8, 4) is 0 Å². The van der Waals surface area contributed by atoms with Crippen LogP contribution in [0.5, 0.6) is 0 Å². The van der Waals surface area contributed by atoms with Crippen LogP contribution in [0.3, 0.4) is 0 Å². The van der Waals surface area contributed by atoms with Gasteiger partial charge in [-0.05, 0) is 109 Å². The highest BCUT2D eigenvalue weighted by Crippen LogP contribution is 2.10. The number of rotatable bonds is 41. The molecule has 1 unspecified atom stereocenters. The summed E-state index contributed by atoms with van der Waals surface area (Å²) in [5.74, 6) is -0.578. The third-order valence-electron chi connectivity index (χ3n) is 9.15. The molecule has 0 aromatic heterocycles. The molecule has 5 heteroatoms. The van der Waals surface area contributed by atoms with Gasteiger partial charge < -0.3 is 14.2 Å². The number of allylic oxidation sites excluding steroid dienone is 22. The molecule has 0 amide bonds. The molecule has 0 heterocycles. The zero-order valence-corrected chi connectivity index (χ0v) is 38.4. The van der Waals surface area contributed by atoms with Crippen LogP contribution in [0, 0.1) is 0 Å². The Hall–Kier alpha value is -3.96. The maximum absolute atomic E-state index is 12.7. The first kappa shape index (κ1) is 56.0. The van der Waals surface area contributed by atoms with E-state index >= 15 is 0 Å². The fourth-order valence-corrected chi connectivity index (χ4v) is 5.71. The fraction of sp³-hybridized carbons (Fsp3) is 0.564. The van der Waals surface area contributed by atoms with Crippen molar-refractivity contribution in [3.63, 3.8) is 0 Å². The number of hydrogen-bond donors (Lipinski definition) is 0. The summed E-state index contributed by atoms with van der Waals surface area (Å²) in [7, 11) is 0. The largest absolute Gasteiger partial charge is 0.462 e. The van der Waals surface area contributed by atoms with Crippen LogP contribution >= 0.6 is 0 Å². The van der Waals surface area contributed by atoms with Crippen LogP contribution in [0.1, 0.15) is 175 Å². The van der Waals surface area contributed by atoms with Crippen molar-refractivity contribution in [2.75, 3.05) is 19.8 Å². The summed E-state index contributed by atoms with van der Waals surface area (Å²) < 4.78 is 17.2. The van der Waals surface area contributed by atoms with Gasteiger partial charge >= 0.3 is 11.9 Å². The van der Waals surface area contributed by atoms with Gasteiger partial charge in [-0.1, -0.05) is 187 Å². The van der Waals surface area contributed by atoms with Gasteiger partial charge in [-0.25, -0.2) is 0 Å². The highest BCUT2D eigenvalue weighted by atomic mass is 16.6. The molecular weight excluding hydrogens is 741 g/mol. The summed E-state index contributed by atoms with van der Waals surface area (Å²) in [6.07, 6.45) is 70.4. The minimum Gasteiger partial charge on any atom is -0.462 e. The maximum Gasteiger partial charge on any atom is 0.306 e. The molecule has 0 bridgehead atoms. The molecule has 0 aliphatic carbocycles. The normalized spacial score (nSPS) is 13.4. The molecule has 0 radical (unpaired) electrons. The molecule has 0 N–H and O–H groups in total. The standard InChI is InChI=1S/C55H86O5/c1-4-7-10-13-16-19-22-25-27-28-29-31-33-36-39-42-45-48-54(56)59-52-53(51-58-50-47-44-41-38-35-32-26-23-20-17-14-11-8-5-2)60-55(57)49-46-43-40-37-34-30-24-21-18-15-12-9-6-3/h7,9-12,14,16,18-21,23,25,27,29-31,34,36,39-40,43,53H,4-6,8,13,15,17,22,24,26,28,32-33,35,37-38,41-42,44-52H2,1-3H3/b10-7-,12-9-,14-11-,19-16-,21-18-,23-20-,27-25-,31-29-,34-30-,39-36-,43-40-. The van der Waals surface area contributed by atoms with E-state index in [1.807, 2.05) is 6.08 Å². The average Bonchev–Trinajstić information content (AvgIpc) is 3.25. The van der Waals surface area contributed by atoms with E-state index in [4.69, 9.17) is 14.2 Å². The van der Waals surface area contributed by atoms with E-state index in [1.54, 1.807) is 0 Å². The molecule has 0 fully saturated rings. The first-order chi connectivity index (χ1) is 29.6. The lowest BCUT2D eigenvalue weighted by molar-refractivity contribution is -0.162. The first-order valence-corrected chi connectivity index (χ1v) is 23.7. The molecule has 0 saturated heterocycles. The predicted octanol–water partition coefficient (Wildman–Crippen LogP) is 16.0. The summed E-state index contributed by atoms with van der Waals surface area (Å²) in [5, 5.41) is 0. The van der Waals surface area contributed by atoms with E-state index in [9.17, 15) is 9.59 Å². The number of carbonyl (C=O) groups excluding carboxylic acids is 2. The molecule has 336 valence electrons. The number of unbranched alkanes of at least 4 members (excludes halogenated alkanes) is 8. The molecule has 1 atom stereocenters. The molecule has 0 aromatic rings. The van der Waals surface area contributed by atoms with Gasteiger partial charge in [0.15, 0.2) is 6.10 Å². The Morgan fingerprint density at radius 2 is 0.783 bits per heavy atom. The van der Waals surface area contributed by atoms with Crippen LogP contribution in [-0.4, -0.2) is 37.9 Å². The van der Waals surface area contributed by atoms with Gasteiger partial charge in [-0.15, -0.1) is 0 Å². The number of hydrogen-bond acceptors (Lipinski definition) is 5. The second-order valence-electron chi connectivity index (χ2n) is 14.9. The molecule has 0 rings (SSSR count). The van der Waals surface area contributed by atoms with E-state index in [2.05, 4.69) is 148 Å². The van der Waals surface area contributed by atoms with Crippen LogP contribution in [0.25, 0.3) is 0 Å². The molecule has 0 aromatic carbocycles. The van der Waals surface area contributed by atoms with E-state index in [0.29, 0.717) is 25.9 Å². The molecular formula is C55H86O5. The van der Waals surface area contributed by atoms with E-state index in [0.717, 1.165) is 89.9 Å². The van der Waals surface area contributed by atoms with E-state index in [1.165, 1.54) is 38.5 Å². The molecule has 60 heavy (non-hydrogen) atoms. The van der Waals surface area contributed by atoms with Crippen molar-refractivity contribution < 1.29 is 23.8 Å². The molecule has 0 aliphatic heterocycles. The molecule has 0 aliphatic rings. The zero-order valence-electron chi connectivity index (χ0n) is 38.4. The minimum atomic E-state index is -0.611. The van der Waals surface area contributed by atoms with E-state index < -0.39 is 6.10 Å². The minimum absolute atomic E-state index is 0.0136. The fourth-order valence-electron chi connectivity index (χ4n) is 5.71. The third kappa shape index (κ3) is 46.7. The Balaban J connectivity index is 4.50. The zero-order chi connectivity index (χ0) is 43.5. The van der Waals surface area contributed by atoms with Gasteiger partial charge in [0.05, 0.1) is 6.61 Å². The van der Waals surface area contributed by atoms with Crippen LogP contribution in [0.4, 0.5) is 0 Å². The number of esters is 2. The van der Waals surface area contributed by atoms with Gasteiger partial charge in [0.2, 0.25) is 0 Å². The Morgan fingerprint density at radius 1 is 0.383 bits per heavy atom. The number of ether oxygens (including phenoxy) is 3. The van der Waals surface area contributed by atoms with Crippen molar-refractivity contribution >= 4 is 11.9 Å². The lowest BCUT2D eigenvalue weighted by Gasteiger charge is -2.18. The Morgan fingerprint density at radius 3 is 1.27 bits per heavy atom. The second kappa shape index (κ2) is 49.4. The summed E-state index contributed by atoms with van der Waals surface area (Å²) in [4.78, 5) is 25.3. The summed E-state index contributed by atoms with van der Waals surface area (Å²) in [6, 6.07) is 0. The van der Waals surface area contributed by atoms with Gasteiger partial charge in [-0.3, -0.25) is 9.59 Å². The first-order valence-electron chi connectivity index (χ1n) is 23.7. The quantitative estimate of drug-likeness (QED) is 0.0349. The lowest BCUT2D eigenvalue weighted by Crippen LogP contribution is -2.30. The van der Waals surface area contributed by atoms with Crippen LogP contribution in [0.15, 0.2) is 134 Å². The van der Waals surface area contributed by atoms with Crippen molar-refractivity contribution in [1.82, 2.24) is 0 Å². The van der Waals surface area contributed by atoms with E-state index in [-0.39, 0.29) is 31.6 Å². The van der Waals surface area contributed by atoms with Gasteiger partial charge in [-0.2, -0.15) is 0 Å². The summed E-state index contributed by atoms with van der Waals surface area (Å²) >= 11 is 0. The molecule has 0 spiro atoms. The molecule has 0 saturated carbocycles. The highest BCUT2D eigenvalue weighted by Gasteiger charge is 2.17. The van der Waals surface area contributed by atoms with Gasteiger partial charge in [0.1, 0.15) is 6.61 Å². The highest BCUT2D eigenvalue weighted by molar-refractivity contribution is 5.70. The Bertz CT molecular complexity index is 1300. The third-order valence-corrected chi connectivity index (χ3v) is 9.15. The van der Waals surface area contributed by atoms with Crippen LogP contribution < -0.4 is 0 Å². The van der Waals surface area contributed by atoms with Crippen molar-refractivity contribution in [2.24, 2.45) is 0 Å². The van der Waals surface area contributed by atoms with Crippen molar-refractivity contribution in [3.05, 3.63) is 134 Å². The summed E-state index contributed by atoms with van der Waals surface area (Å²) in [6.45, 7) is 7.34. The summed E-state index contributed by atoms with van der Waals surface area (Å²) in [5.41, 5.74) is 0. The van der Waals surface area contributed by atoms with Crippen molar-refractivity contribution in [1.29, 1.82) is 0 Å². The number of carbonyl (C=O) groups is 2. The van der Waals surface area contributed by atoms with Gasteiger partial charge in [0.25, 0.3) is 0 Å². The molecule has 5 nitrogen and oxygen atoms in total. The monoisotopic (exact) mass is 827 g/mol. The van der Waals surface area contributed by atoms with Crippen LogP contribution in [0.2, 0.25) is 0 Å². The Labute approximate surface area is 369 Å². The van der Waals surface area contributed by atoms with Crippen molar-refractivity contribution in [2.45, 2.75) is 181 Å². The predicted molar refractivity (Wildman–Crippen MR) is 260 cm³/mol. The average molecular weight is 827 g/mol. The smallest absolute Gasteiger partial charge is 0.306 e. The lowest BCUT2D eigenvalue weighted by atomic mass is 10.1.